The van der Waals surface area contributed by atoms with Crippen molar-refractivity contribution in [3.63, 3.8) is 0 Å². The molecule has 24 heavy (non-hydrogen) atoms. The summed E-state index contributed by atoms with van der Waals surface area (Å²) in [5.41, 5.74) is -1.07. The monoisotopic (exact) mass is 425 g/mol. The Balaban J connectivity index is 2.18. The fourth-order valence-corrected chi connectivity index (χ4v) is 4.81. The van der Waals surface area contributed by atoms with Crippen molar-refractivity contribution >= 4 is 23.5 Å². The number of aromatic nitrogens is 2. The SMILES string of the molecule is CCOP(=O)(C[C@H]1C[C@H](n2cc(Br)c(=O)[nH]c2=O)ON1C)OCC. The lowest BCUT2D eigenvalue weighted by atomic mass is 10.2. The molecule has 1 aliphatic heterocycles. The van der Waals surface area contributed by atoms with E-state index in [2.05, 4.69) is 20.9 Å². The molecule has 1 aromatic heterocycles. The van der Waals surface area contributed by atoms with Crippen molar-refractivity contribution in [2.75, 3.05) is 26.4 Å². The van der Waals surface area contributed by atoms with E-state index < -0.39 is 25.1 Å². The van der Waals surface area contributed by atoms with E-state index >= 15 is 0 Å². The Hall–Kier alpha value is -0.770. The van der Waals surface area contributed by atoms with Gasteiger partial charge in [0.25, 0.3) is 5.56 Å². The first-order valence-electron chi connectivity index (χ1n) is 7.58. The smallest absolute Gasteiger partial charge is 0.309 e. The van der Waals surface area contributed by atoms with Crippen LogP contribution in [0.5, 0.6) is 0 Å². The predicted octanol–water partition coefficient (Wildman–Crippen LogP) is 1.70. The first-order valence-corrected chi connectivity index (χ1v) is 10.1. The zero-order chi connectivity index (χ0) is 17.9. The van der Waals surface area contributed by atoms with Crippen molar-refractivity contribution in [3.8, 4) is 0 Å². The third kappa shape index (κ3) is 4.44. The molecule has 1 fully saturated rings. The number of hydroxylamine groups is 2. The molecule has 2 rings (SSSR count). The summed E-state index contributed by atoms with van der Waals surface area (Å²) in [6.45, 7) is 4.07. The van der Waals surface area contributed by atoms with Crippen molar-refractivity contribution in [3.05, 3.63) is 31.5 Å². The maximum Gasteiger partial charge on any atom is 0.332 e. The molecule has 0 amide bonds. The minimum Gasteiger partial charge on any atom is -0.309 e. The van der Waals surface area contributed by atoms with Gasteiger partial charge in [-0.1, -0.05) is 0 Å². The van der Waals surface area contributed by atoms with E-state index in [1.54, 1.807) is 26.0 Å². The molecule has 0 saturated carbocycles. The van der Waals surface area contributed by atoms with Crippen molar-refractivity contribution in [1.29, 1.82) is 0 Å². The molecule has 0 aliphatic carbocycles. The number of H-pyrrole nitrogens is 1. The van der Waals surface area contributed by atoms with E-state index in [0.717, 1.165) is 0 Å². The first-order chi connectivity index (χ1) is 11.3. The molecule has 9 nitrogen and oxygen atoms in total. The van der Waals surface area contributed by atoms with E-state index in [9.17, 15) is 14.2 Å². The van der Waals surface area contributed by atoms with E-state index in [1.807, 2.05) is 0 Å². The number of hydrogen-bond acceptors (Lipinski definition) is 7. The normalized spacial score (nSPS) is 22.2. The van der Waals surface area contributed by atoms with Crippen LogP contribution < -0.4 is 11.2 Å². The lowest BCUT2D eigenvalue weighted by molar-refractivity contribution is -0.164. The first kappa shape index (κ1) is 19.6. The van der Waals surface area contributed by atoms with Crippen LogP contribution in [0.3, 0.4) is 0 Å². The maximum absolute atomic E-state index is 12.7. The molecule has 2 atom stereocenters. The number of halogens is 1. The molecule has 1 saturated heterocycles. The summed E-state index contributed by atoms with van der Waals surface area (Å²) in [7, 11) is -1.54. The molecule has 1 N–H and O–H groups in total. The number of hydrogen-bond donors (Lipinski definition) is 1. The summed E-state index contributed by atoms with van der Waals surface area (Å²) in [5.74, 6) is 0. The average molecular weight is 426 g/mol. The van der Waals surface area contributed by atoms with Gasteiger partial charge >= 0.3 is 13.3 Å². The van der Waals surface area contributed by atoms with Crippen LogP contribution in [0, 0.1) is 0 Å². The summed E-state index contributed by atoms with van der Waals surface area (Å²) in [6, 6.07) is -0.253. The van der Waals surface area contributed by atoms with Gasteiger partial charge < -0.3 is 9.05 Å². The van der Waals surface area contributed by atoms with Crippen molar-refractivity contribution in [2.45, 2.75) is 32.5 Å². The molecule has 0 bridgehead atoms. The lowest BCUT2D eigenvalue weighted by Crippen LogP contribution is -2.32. The summed E-state index contributed by atoms with van der Waals surface area (Å²) in [4.78, 5) is 31.3. The van der Waals surface area contributed by atoms with Crippen LogP contribution in [-0.2, 0) is 18.5 Å². The quantitative estimate of drug-likeness (QED) is 0.663. The minimum absolute atomic E-state index is 0.154. The zero-order valence-electron chi connectivity index (χ0n) is 13.7. The summed E-state index contributed by atoms with van der Waals surface area (Å²) in [6.07, 6.45) is 1.32. The summed E-state index contributed by atoms with van der Waals surface area (Å²) >= 11 is 3.09. The Morgan fingerprint density at radius 3 is 2.58 bits per heavy atom. The maximum atomic E-state index is 12.7. The molecule has 136 valence electrons. The molecule has 0 unspecified atom stereocenters. The molecular formula is C13H21BrN3O6P. The molecule has 1 aliphatic rings. The van der Waals surface area contributed by atoms with E-state index in [4.69, 9.17) is 13.9 Å². The Morgan fingerprint density at radius 2 is 2.00 bits per heavy atom. The lowest BCUT2D eigenvalue weighted by Gasteiger charge is -2.22. The van der Waals surface area contributed by atoms with Crippen LogP contribution in [0.15, 0.2) is 20.3 Å². The Kier molecular flexibility index (Phi) is 6.58. The largest absolute Gasteiger partial charge is 0.332 e. The minimum atomic E-state index is -3.23. The molecule has 0 aromatic carbocycles. The van der Waals surface area contributed by atoms with Gasteiger partial charge in [0, 0.05) is 19.7 Å². The molecule has 0 spiro atoms. The molecule has 11 heteroatoms. The van der Waals surface area contributed by atoms with Crippen molar-refractivity contribution < 1.29 is 18.5 Å². The van der Waals surface area contributed by atoms with E-state index in [0.29, 0.717) is 6.42 Å². The van der Waals surface area contributed by atoms with Crippen LogP contribution in [0.4, 0.5) is 0 Å². The summed E-state index contributed by atoms with van der Waals surface area (Å²) < 4.78 is 24.8. The van der Waals surface area contributed by atoms with Gasteiger partial charge in [0.2, 0.25) is 0 Å². The standard InChI is InChI=1S/C13H21BrN3O6P/c1-4-21-24(20,22-5-2)8-9-6-11(23-16(9)3)17-7-10(14)12(18)15-13(17)19/h7,9,11H,4-6,8H2,1-3H3,(H,15,18,19)/t9-,11-/m1/s1. The molecule has 2 heterocycles. The topological polar surface area (TPSA) is 103 Å². The highest BCUT2D eigenvalue weighted by Crippen LogP contribution is 2.50. The fourth-order valence-electron chi connectivity index (χ4n) is 2.52. The summed E-state index contributed by atoms with van der Waals surface area (Å²) in [5, 5.41) is 1.54. The number of nitrogens with one attached hydrogen (secondary N) is 1. The van der Waals surface area contributed by atoms with Gasteiger partial charge in [-0.3, -0.25) is 23.7 Å². The highest BCUT2D eigenvalue weighted by atomic mass is 79.9. The van der Waals surface area contributed by atoms with Crippen LogP contribution in [0.25, 0.3) is 0 Å². The fraction of sp³-hybridized carbons (Fsp3) is 0.692. The number of aromatic amines is 1. The van der Waals surface area contributed by atoms with Crippen LogP contribution in [0.1, 0.15) is 26.5 Å². The van der Waals surface area contributed by atoms with Gasteiger partial charge in [-0.2, -0.15) is 5.06 Å². The zero-order valence-corrected chi connectivity index (χ0v) is 16.2. The second-order valence-corrected chi connectivity index (χ2v) is 8.23. The van der Waals surface area contributed by atoms with E-state index in [-0.39, 0.29) is 29.9 Å². The Labute approximate surface area is 147 Å². The van der Waals surface area contributed by atoms with Gasteiger partial charge in [0.15, 0.2) is 6.23 Å². The van der Waals surface area contributed by atoms with Gasteiger partial charge in [0.05, 0.1) is 29.9 Å². The highest BCUT2D eigenvalue weighted by molar-refractivity contribution is 9.10. The van der Waals surface area contributed by atoms with Crippen molar-refractivity contribution in [1.82, 2.24) is 14.6 Å². The highest BCUT2D eigenvalue weighted by Gasteiger charge is 2.39. The second kappa shape index (κ2) is 8.07. The number of rotatable bonds is 7. The van der Waals surface area contributed by atoms with Crippen molar-refractivity contribution in [2.24, 2.45) is 0 Å². The molecular weight excluding hydrogens is 405 g/mol. The third-order valence-corrected chi connectivity index (χ3v) is 6.33. The van der Waals surface area contributed by atoms with Gasteiger partial charge in [-0.25, -0.2) is 4.79 Å². The second-order valence-electron chi connectivity index (χ2n) is 5.27. The van der Waals surface area contributed by atoms with Gasteiger partial charge in [0.1, 0.15) is 0 Å². The Morgan fingerprint density at radius 1 is 1.38 bits per heavy atom. The van der Waals surface area contributed by atoms with Gasteiger partial charge in [-0.15, -0.1) is 0 Å². The third-order valence-electron chi connectivity index (χ3n) is 3.60. The molecule has 0 radical (unpaired) electrons. The van der Waals surface area contributed by atoms with E-state index in [1.165, 1.54) is 10.8 Å². The number of nitrogens with zero attached hydrogens (tertiary/aromatic N) is 2. The Bertz CT molecular complexity index is 725. The predicted molar refractivity (Wildman–Crippen MR) is 91.0 cm³/mol. The van der Waals surface area contributed by atoms with Crippen LogP contribution in [-0.4, -0.2) is 47.1 Å². The van der Waals surface area contributed by atoms with Crippen LogP contribution in [0.2, 0.25) is 0 Å². The molecule has 1 aromatic rings. The average Bonchev–Trinajstić information content (AvgIpc) is 2.84. The van der Waals surface area contributed by atoms with Crippen LogP contribution >= 0.6 is 23.5 Å². The van der Waals surface area contributed by atoms with Gasteiger partial charge in [-0.05, 0) is 29.8 Å².